The fraction of sp³-hybridized carbons (Fsp3) is 0.381. The van der Waals surface area contributed by atoms with Crippen LogP contribution in [0.1, 0.15) is 77.6 Å². The zero-order valence-electron chi connectivity index (χ0n) is 31.2. The molecule has 0 atom stereocenters. The van der Waals surface area contributed by atoms with Gasteiger partial charge in [0.25, 0.3) is 0 Å². The summed E-state index contributed by atoms with van der Waals surface area (Å²) in [5, 5.41) is 0. The van der Waals surface area contributed by atoms with Crippen molar-refractivity contribution < 1.29 is 47.6 Å². The highest BCUT2D eigenvalue weighted by atomic mass is 16.5. The van der Waals surface area contributed by atoms with E-state index in [-0.39, 0.29) is 5.97 Å². The van der Waals surface area contributed by atoms with Crippen molar-refractivity contribution >= 4 is 24.8 Å². The molecular weight excluding hydrogens is 664 g/mol. The average Bonchev–Trinajstić information content (AvgIpc) is 3.19. The Morgan fingerprint density at radius 1 is 0.596 bits per heavy atom. The molecule has 3 aromatic rings. The van der Waals surface area contributed by atoms with E-state index < -0.39 is 0 Å². The molecule has 0 aliphatic carbocycles. The fourth-order valence-electron chi connectivity index (χ4n) is 4.13. The Morgan fingerprint density at radius 3 is 1.40 bits per heavy atom. The molecule has 0 unspecified atom stereocenters. The van der Waals surface area contributed by atoms with Gasteiger partial charge in [0, 0.05) is 30.9 Å². The third-order valence-electron chi connectivity index (χ3n) is 6.96. The lowest BCUT2D eigenvalue weighted by molar-refractivity contribution is -0.137. The van der Waals surface area contributed by atoms with E-state index in [9.17, 15) is 14.4 Å². The van der Waals surface area contributed by atoms with Gasteiger partial charge in [-0.25, -0.2) is 4.79 Å². The van der Waals surface area contributed by atoms with E-state index >= 15 is 0 Å². The van der Waals surface area contributed by atoms with Crippen molar-refractivity contribution in [2.24, 2.45) is 0 Å². The Hall–Kier alpha value is -5.22. The Morgan fingerprint density at radius 2 is 1.04 bits per heavy atom. The van der Waals surface area contributed by atoms with Crippen LogP contribution in [0.25, 0.3) is 0 Å². The second kappa shape index (κ2) is 33.0. The van der Waals surface area contributed by atoms with E-state index in [2.05, 4.69) is 13.2 Å². The minimum atomic E-state index is -0.368. The van der Waals surface area contributed by atoms with Crippen LogP contribution in [0.3, 0.4) is 0 Å². The van der Waals surface area contributed by atoms with Gasteiger partial charge in [0.15, 0.2) is 0 Å². The van der Waals surface area contributed by atoms with E-state index in [1.807, 2.05) is 37.3 Å². The second-order valence-electron chi connectivity index (χ2n) is 11.0. The van der Waals surface area contributed by atoms with Crippen molar-refractivity contribution in [3.8, 4) is 23.0 Å². The van der Waals surface area contributed by atoms with Crippen molar-refractivity contribution in [2.75, 3.05) is 47.8 Å². The number of esters is 1. The summed E-state index contributed by atoms with van der Waals surface area (Å²) in [5.41, 5.74) is 2.41. The van der Waals surface area contributed by atoms with Gasteiger partial charge in [0.1, 0.15) is 41.9 Å². The van der Waals surface area contributed by atoms with Gasteiger partial charge < -0.3 is 28.4 Å². The SMILES string of the molecule is C=CC(=O)OCCCCCCOc1ccc(C=O)cc1.C=CC=O.COCCCCCCOc1ccc(C=O)cc1.COc1ccc(OC)c(C)c1. The summed E-state index contributed by atoms with van der Waals surface area (Å²) < 4.78 is 31.1. The van der Waals surface area contributed by atoms with Crippen LogP contribution in [0.4, 0.5) is 0 Å². The predicted octanol–water partition coefficient (Wildman–Crippen LogP) is 8.64. The molecule has 0 amide bonds. The van der Waals surface area contributed by atoms with E-state index in [0.29, 0.717) is 30.6 Å². The molecule has 10 heteroatoms. The maximum absolute atomic E-state index is 10.8. The van der Waals surface area contributed by atoms with E-state index in [0.717, 1.165) is 99.3 Å². The molecule has 3 aromatic carbocycles. The van der Waals surface area contributed by atoms with Crippen molar-refractivity contribution in [1.82, 2.24) is 0 Å². The van der Waals surface area contributed by atoms with Crippen LogP contribution in [-0.4, -0.2) is 72.6 Å². The lowest BCUT2D eigenvalue weighted by Crippen LogP contribution is -2.02. The Kier molecular flexibility index (Phi) is 29.6. The van der Waals surface area contributed by atoms with Gasteiger partial charge in [0.2, 0.25) is 0 Å². The number of hydrogen-bond donors (Lipinski definition) is 0. The zero-order chi connectivity index (χ0) is 38.7. The molecule has 0 aliphatic heterocycles. The first kappa shape index (κ1) is 46.8. The Balaban J connectivity index is 0.000000735. The number of benzene rings is 3. The Labute approximate surface area is 309 Å². The molecular formula is C42H56O10. The first-order valence-electron chi connectivity index (χ1n) is 17.2. The van der Waals surface area contributed by atoms with Crippen LogP contribution in [0.5, 0.6) is 23.0 Å². The molecule has 52 heavy (non-hydrogen) atoms. The highest BCUT2D eigenvalue weighted by molar-refractivity contribution is 5.81. The average molecular weight is 721 g/mol. The lowest BCUT2D eigenvalue weighted by atomic mass is 10.2. The highest BCUT2D eigenvalue weighted by Gasteiger charge is 1.99. The summed E-state index contributed by atoms with van der Waals surface area (Å²) in [6.07, 6.45) is 13.0. The molecule has 10 nitrogen and oxygen atoms in total. The number of methoxy groups -OCH3 is 3. The van der Waals surface area contributed by atoms with Crippen molar-refractivity contribution in [3.05, 3.63) is 109 Å². The van der Waals surface area contributed by atoms with E-state index in [1.165, 1.54) is 18.6 Å². The summed E-state index contributed by atoms with van der Waals surface area (Å²) in [5.74, 6) is 2.99. The minimum absolute atomic E-state index is 0.368. The fourth-order valence-corrected chi connectivity index (χ4v) is 4.13. The number of ether oxygens (including phenoxy) is 6. The smallest absolute Gasteiger partial charge is 0.330 e. The van der Waals surface area contributed by atoms with Gasteiger partial charge >= 0.3 is 5.97 Å². The van der Waals surface area contributed by atoms with Gasteiger partial charge in [-0.2, -0.15) is 0 Å². The lowest BCUT2D eigenvalue weighted by Gasteiger charge is -2.06. The summed E-state index contributed by atoms with van der Waals surface area (Å²) in [6.45, 7) is 11.1. The normalized spacial score (nSPS) is 9.46. The predicted molar refractivity (Wildman–Crippen MR) is 205 cm³/mol. The number of rotatable bonds is 22. The molecule has 0 aromatic heterocycles. The number of carbonyl (C=O) groups excluding carboxylic acids is 4. The Bertz CT molecular complexity index is 1380. The number of hydrogen-bond acceptors (Lipinski definition) is 10. The molecule has 0 fully saturated rings. The minimum Gasteiger partial charge on any atom is -0.497 e. The molecule has 0 spiro atoms. The van der Waals surface area contributed by atoms with Gasteiger partial charge in [-0.1, -0.05) is 19.6 Å². The molecule has 0 saturated heterocycles. The van der Waals surface area contributed by atoms with Gasteiger partial charge in [-0.3, -0.25) is 14.4 Å². The molecule has 0 aliphatic rings. The first-order valence-corrected chi connectivity index (χ1v) is 17.2. The molecule has 3 rings (SSSR count). The largest absolute Gasteiger partial charge is 0.497 e. The van der Waals surface area contributed by atoms with Crippen LogP contribution in [0, 0.1) is 6.92 Å². The van der Waals surface area contributed by atoms with Crippen LogP contribution in [0.15, 0.2) is 92.0 Å². The second-order valence-corrected chi connectivity index (χ2v) is 11.0. The number of allylic oxidation sites excluding steroid dienone is 1. The van der Waals surface area contributed by atoms with Crippen LogP contribution < -0.4 is 18.9 Å². The van der Waals surface area contributed by atoms with Crippen molar-refractivity contribution in [2.45, 2.75) is 58.3 Å². The summed E-state index contributed by atoms with van der Waals surface area (Å²) >= 11 is 0. The maximum Gasteiger partial charge on any atom is 0.330 e. The number of aldehydes is 3. The van der Waals surface area contributed by atoms with Gasteiger partial charge in [-0.05, 0) is 130 Å². The summed E-state index contributed by atoms with van der Waals surface area (Å²) in [6, 6.07) is 20.0. The standard InChI is InChI=1S/C16H20O4.C14H20O3.C9H12O2.C3H4O/c1-2-16(18)20-12-6-4-3-5-11-19-15-9-7-14(13-17)8-10-15;1-16-10-4-2-3-5-11-17-14-8-6-13(12-15)7-9-14;1-7-6-8(10-2)4-5-9(7)11-3;1-2-3-4/h2,7-10,13H,1,3-6,11-12H2;6-9,12H,2-5,10-11H2,1H3;4-6H,1-3H3;2-3H,1H2. The van der Waals surface area contributed by atoms with Crippen LogP contribution in [-0.2, 0) is 19.1 Å². The zero-order valence-corrected chi connectivity index (χ0v) is 31.2. The van der Waals surface area contributed by atoms with Crippen LogP contribution in [0.2, 0.25) is 0 Å². The maximum atomic E-state index is 10.8. The third-order valence-corrected chi connectivity index (χ3v) is 6.96. The molecule has 0 heterocycles. The van der Waals surface area contributed by atoms with E-state index in [1.54, 1.807) is 57.7 Å². The molecule has 0 radical (unpaired) electrons. The number of aryl methyl sites for hydroxylation is 1. The third kappa shape index (κ3) is 24.8. The molecule has 0 saturated carbocycles. The summed E-state index contributed by atoms with van der Waals surface area (Å²) in [4.78, 5) is 40.8. The first-order chi connectivity index (χ1) is 25.3. The summed E-state index contributed by atoms with van der Waals surface area (Å²) in [7, 11) is 5.04. The molecule has 0 N–H and O–H groups in total. The molecule has 284 valence electrons. The van der Waals surface area contributed by atoms with Crippen LogP contribution >= 0.6 is 0 Å². The quantitative estimate of drug-likeness (QED) is 0.0431. The molecule has 0 bridgehead atoms. The highest BCUT2D eigenvalue weighted by Crippen LogP contribution is 2.22. The monoisotopic (exact) mass is 720 g/mol. The van der Waals surface area contributed by atoms with E-state index in [4.69, 9.17) is 33.2 Å². The van der Waals surface area contributed by atoms with Crippen molar-refractivity contribution in [1.29, 1.82) is 0 Å². The number of carbonyl (C=O) groups is 4. The number of unbranched alkanes of at least 4 members (excludes halogenated alkanes) is 6. The topological polar surface area (TPSA) is 124 Å². The van der Waals surface area contributed by atoms with Gasteiger partial charge in [-0.15, -0.1) is 0 Å². The van der Waals surface area contributed by atoms with Gasteiger partial charge in [0.05, 0.1) is 34.0 Å². The van der Waals surface area contributed by atoms with Crippen molar-refractivity contribution in [3.63, 3.8) is 0 Å².